The zero-order valence-corrected chi connectivity index (χ0v) is 16.0. The summed E-state index contributed by atoms with van der Waals surface area (Å²) < 4.78 is 0. The first-order chi connectivity index (χ1) is 12.6. The van der Waals surface area contributed by atoms with Gasteiger partial charge in [-0.2, -0.15) is 0 Å². The summed E-state index contributed by atoms with van der Waals surface area (Å²) in [6, 6.07) is 18.9. The molecule has 26 heavy (non-hydrogen) atoms. The minimum atomic E-state index is -0.00980. The number of para-hydroxylation sites is 1. The molecule has 1 heterocycles. The lowest BCUT2D eigenvalue weighted by molar-refractivity contribution is 0.0954. The van der Waals surface area contributed by atoms with Crippen LogP contribution in [0.3, 0.4) is 0 Å². The van der Waals surface area contributed by atoms with Gasteiger partial charge in [-0.15, -0.1) is 0 Å². The fourth-order valence-electron chi connectivity index (χ4n) is 4.04. The van der Waals surface area contributed by atoms with Gasteiger partial charge in [0.25, 0.3) is 5.91 Å². The molecule has 4 heteroatoms. The first kappa shape index (κ1) is 18.5. The molecule has 1 saturated heterocycles. The minimum absolute atomic E-state index is 0.00980. The van der Waals surface area contributed by atoms with Gasteiger partial charge >= 0.3 is 0 Å². The first-order valence-corrected chi connectivity index (χ1v) is 9.44. The molecule has 0 spiro atoms. The van der Waals surface area contributed by atoms with E-state index in [1.807, 2.05) is 30.3 Å². The molecule has 0 aliphatic carbocycles. The third-order valence-electron chi connectivity index (χ3n) is 5.09. The van der Waals surface area contributed by atoms with Gasteiger partial charge in [-0.1, -0.05) is 36.4 Å². The van der Waals surface area contributed by atoms with Crippen molar-refractivity contribution in [2.45, 2.75) is 32.4 Å². The van der Waals surface area contributed by atoms with Crippen LogP contribution < -0.4 is 10.2 Å². The van der Waals surface area contributed by atoms with E-state index in [1.54, 1.807) is 0 Å². The van der Waals surface area contributed by atoms with Crippen molar-refractivity contribution in [3.8, 4) is 0 Å². The number of hydrogen-bond donors (Lipinski definition) is 1. The molecule has 0 radical (unpaired) electrons. The fraction of sp³-hybridized carbons (Fsp3) is 0.409. The van der Waals surface area contributed by atoms with E-state index in [4.69, 9.17) is 0 Å². The van der Waals surface area contributed by atoms with Crippen LogP contribution >= 0.6 is 0 Å². The molecular weight excluding hydrogens is 322 g/mol. The number of amides is 1. The zero-order valence-electron chi connectivity index (χ0n) is 16.0. The van der Waals surface area contributed by atoms with Crippen LogP contribution in [0.1, 0.15) is 29.8 Å². The number of benzene rings is 2. The summed E-state index contributed by atoms with van der Waals surface area (Å²) in [4.78, 5) is 17.2. The Morgan fingerprint density at radius 1 is 1.00 bits per heavy atom. The Morgan fingerprint density at radius 2 is 1.62 bits per heavy atom. The van der Waals surface area contributed by atoms with Crippen LogP contribution in [0.2, 0.25) is 0 Å². The zero-order chi connectivity index (χ0) is 18.5. The Kier molecular flexibility index (Phi) is 5.94. The number of nitrogens with one attached hydrogen (secondary N) is 1. The van der Waals surface area contributed by atoms with Gasteiger partial charge in [-0.05, 0) is 51.1 Å². The number of rotatable bonds is 5. The van der Waals surface area contributed by atoms with Gasteiger partial charge in [0.1, 0.15) is 0 Å². The number of carbonyl (C=O) groups is 1. The molecule has 1 amide bonds. The Hall–Kier alpha value is -2.33. The third-order valence-corrected chi connectivity index (χ3v) is 5.09. The van der Waals surface area contributed by atoms with Gasteiger partial charge in [0.15, 0.2) is 0 Å². The summed E-state index contributed by atoms with van der Waals surface area (Å²) in [7, 11) is 2.19. The lowest BCUT2D eigenvalue weighted by Gasteiger charge is -2.45. The Balaban J connectivity index is 1.67. The number of nitrogens with zero attached hydrogens (tertiary/aromatic N) is 2. The van der Waals surface area contributed by atoms with Gasteiger partial charge in [0.2, 0.25) is 0 Å². The molecule has 1 aliphatic rings. The number of hydrogen-bond acceptors (Lipinski definition) is 3. The molecule has 3 rings (SSSR count). The van der Waals surface area contributed by atoms with Crippen molar-refractivity contribution in [2.75, 3.05) is 31.6 Å². The van der Waals surface area contributed by atoms with Gasteiger partial charge in [-0.25, -0.2) is 0 Å². The second kappa shape index (κ2) is 8.37. The predicted octanol–water partition coefficient (Wildman–Crippen LogP) is 3.19. The highest BCUT2D eigenvalue weighted by molar-refractivity contribution is 5.94. The highest BCUT2D eigenvalue weighted by Crippen LogP contribution is 2.28. The summed E-state index contributed by atoms with van der Waals surface area (Å²) >= 11 is 0. The molecule has 138 valence electrons. The summed E-state index contributed by atoms with van der Waals surface area (Å²) in [6.45, 7) is 7.37. The predicted molar refractivity (Wildman–Crippen MR) is 108 cm³/mol. The molecule has 2 aromatic carbocycles. The van der Waals surface area contributed by atoms with Crippen LogP contribution in [0, 0.1) is 0 Å². The van der Waals surface area contributed by atoms with Crippen LogP contribution in [-0.2, 0) is 6.42 Å². The van der Waals surface area contributed by atoms with Crippen molar-refractivity contribution < 1.29 is 4.79 Å². The Bertz CT molecular complexity index is 719. The van der Waals surface area contributed by atoms with Crippen molar-refractivity contribution in [2.24, 2.45) is 0 Å². The maximum atomic E-state index is 12.2. The largest absolute Gasteiger partial charge is 0.363 e. The lowest BCUT2D eigenvalue weighted by Crippen LogP contribution is -2.56. The Labute approximate surface area is 156 Å². The molecule has 1 aliphatic heterocycles. The molecule has 0 aromatic heterocycles. The number of piperazine rings is 1. The quantitative estimate of drug-likeness (QED) is 0.899. The van der Waals surface area contributed by atoms with E-state index >= 15 is 0 Å². The van der Waals surface area contributed by atoms with Gasteiger partial charge in [0.05, 0.1) is 0 Å². The van der Waals surface area contributed by atoms with Crippen LogP contribution in [0.25, 0.3) is 0 Å². The molecule has 2 unspecified atom stereocenters. The topological polar surface area (TPSA) is 35.6 Å². The van der Waals surface area contributed by atoms with Crippen molar-refractivity contribution in [3.05, 3.63) is 65.7 Å². The van der Waals surface area contributed by atoms with Gasteiger partial charge in [0, 0.05) is 43.0 Å². The van der Waals surface area contributed by atoms with E-state index in [9.17, 15) is 4.79 Å². The van der Waals surface area contributed by atoms with E-state index < -0.39 is 0 Å². The van der Waals surface area contributed by atoms with Crippen LogP contribution in [0.5, 0.6) is 0 Å². The van der Waals surface area contributed by atoms with Crippen LogP contribution in [0.15, 0.2) is 54.6 Å². The van der Waals surface area contributed by atoms with Crippen molar-refractivity contribution >= 4 is 11.6 Å². The molecule has 0 saturated carbocycles. The maximum Gasteiger partial charge on any atom is 0.251 e. The van der Waals surface area contributed by atoms with E-state index in [0.717, 1.165) is 19.5 Å². The number of carbonyl (C=O) groups excluding carboxylic acids is 1. The number of likely N-dealkylation sites (N-methyl/N-ethyl adjacent to an activating group) is 1. The Morgan fingerprint density at radius 3 is 2.31 bits per heavy atom. The average molecular weight is 351 g/mol. The normalized spacial score (nSPS) is 20.8. The monoisotopic (exact) mass is 351 g/mol. The van der Waals surface area contributed by atoms with Crippen LogP contribution in [0.4, 0.5) is 5.69 Å². The second-order valence-corrected chi connectivity index (χ2v) is 7.33. The van der Waals surface area contributed by atoms with E-state index in [2.05, 4.69) is 60.3 Å². The van der Waals surface area contributed by atoms with E-state index in [1.165, 1.54) is 11.3 Å². The van der Waals surface area contributed by atoms with Crippen LogP contribution in [-0.4, -0.2) is 49.6 Å². The maximum absolute atomic E-state index is 12.2. The van der Waals surface area contributed by atoms with E-state index in [-0.39, 0.29) is 5.91 Å². The highest BCUT2D eigenvalue weighted by atomic mass is 16.1. The summed E-state index contributed by atoms with van der Waals surface area (Å²) in [5.74, 6) is -0.00980. The summed E-state index contributed by atoms with van der Waals surface area (Å²) in [6.07, 6.45) is 0.834. The highest BCUT2D eigenvalue weighted by Gasteiger charge is 2.28. The second-order valence-electron chi connectivity index (χ2n) is 7.33. The first-order valence-electron chi connectivity index (χ1n) is 9.44. The lowest BCUT2D eigenvalue weighted by atomic mass is 10.0. The smallest absolute Gasteiger partial charge is 0.251 e. The summed E-state index contributed by atoms with van der Waals surface area (Å²) in [5, 5.41) is 3.04. The van der Waals surface area contributed by atoms with Gasteiger partial charge in [-0.3, -0.25) is 4.79 Å². The molecule has 0 bridgehead atoms. The van der Waals surface area contributed by atoms with Gasteiger partial charge < -0.3 is 15.1 Å². The van der Waals surface area contributed by atoms with Crippen molar-refractivity contribution in [1.82, 2.24) is 10.2 Å². The third kappa shape index (κ3) is 4.25. The van der Waals surface area contributed by atoms with E-state index in [0.29, 0.717) is 24.2 Å². The summed E-state index contributed by atoms with van der Waals surface area (Å²) in [5.41, 5.74) is 3.31. The van der Waals surface area contributed by atoms with Crippen molar-refractivity contribution in [3.63, 3.8) is 0 Å². The SMILES string of the molecule is CC1CN(C)CC(C)N1c1ccccc1CCNC(=O)c1ccccc1. The molecule has 2 atom stereocenters. The fourth-order valence-corrected chi connectivity index (χ4v) is 4.04. The molecule has 1 N–H and O–H groups in total. The average Bonchev–Trinajstić information content (AvgIpc) is 2.63. The number of anilines is 1. The van der Waals surface area contributed by atoms with Crippen molar-refractivity contribution in [1.29, 1.82) is 0 Å². The molecule has 2 aromatic rings. The minimum Gasteiger partial charge on any atom is -0.363 e. The standard InChI is InChI=1S/C22H29N3O/c1-17-15-24(3)16-18(2)25(17)21-12-8-7-9-19(21)13-14-23-22(26)20-10-5-4-6-11-20/h4-12,17-18H,13-16H2,1-3H3,(H,23,26). The molecular formula is C22H29N3O. The molecule has 1 fully saturated rings. The molecule has 4 nitrogen and oxygen atoms in total.